The Kier molecular flexibility index (Phi) is 6.25. The van der Waals surface area contributed by atoms with Gasteiger partial charge >= 0.3 is 0 Å². The van der Waals surface area contributed by atoms with Crippen LogP contribution in [0.3, 0.4) is 0 Å². The van der Waals surface area contributed by atoms with E-state index in [1.807, 2.05) is 0 Å². The number of halogens is 2. The summed E-state index contributed by atoms with van der Waals surface area (Å²) in [6.07, 6.45) is 2.18. The van der Waals surface area contributed by atoms with Gasteiger partial charge in [0.1, 0.15) is 11.5 Å². The molecule has 1 aromatic carbocycles. The first-order chi connectivity index (χ1) is 11.1. The molecule has 1 amide bonds. The van der Waals surface area contributed by atoms with Crippen LogP contribution in [0.4, 0.5) is 16.0 Å². The highest BCUT2D eigenvalue weighted by Crippen LogP contribution is 2.21. The summed E-state index contributed by atoms with van der Waals surface area (Å²) in [6, 6.07) is 5.66. The zero-order valence-electron chi connectivity index (χ0n) is 12.5. The molecule has 0 unspecified atom stereocenters. The number of benzene rings is 1. The van der Waals surface area contributed by atoms with Gasteiger partial charge in [-0.3, -0.25) is 4.79 Å². The zero-order chi connectivity index (χ0) is 16.7. The average Bonchev–Trinajstić information content (AvgIpc) is 2.55. The van der Waals surface area contributed by atoms with Crippen molar-refractivity contribution in [2.75, 3.05) is 25.6 Å². The second-order valence-corrected chi connectivity index (χ2v) is 5.03. The molecule has 1 heterocycles. The Morgan fingerprint density at radius 3 is 2.96 bits per heavy atom. The lowest BCUT2D eigenvalue weighted by Gasteiger charge is -2.08. The van der Waals surface area contributed by atoms with Crippen LogP contribution in [0.25, 0.3) is 0 Å². The summed E-state index contributed by atoms with van der Waals surface area (Å²) in [6.45, 7) is 1.06. The molecule has 2 aromatic rings. The number of nitrogens with one attached hydrogen (secondary N) is 2. The number of amides is 1. The molecule has 0 spiro atoms. The molecule has 0 saturated heterocycles. The smallest absolute Gasteiger partial charge is 0.270 e. The number of ether oxygens (including phenoxy) is 1. The quantitative estimate of drug-likeness (QED) is 0.759. The van der Waals surface area contributed by atoms with Crippen LogP contribution in [0.1, 0.15) is 16.9 Å². The number of nitrogens with zero attached hydrogens (tertiary/aromatic N) is 2. The minimum Gasteiger partial charge on any atom is -0.385 e. The molecule has 2 N–H and O–H groups in total. The fourth-order valence-electron chi connectivity index (χ4n) is 1.76. The first kappa shape index (κ1) is 17.1. The second kappa shape index (κ2) is 8.40. The van der Waals surface area contributed by atoms with Gasteiger partial charge in [0.25, 0.3) is 5.91 Å². The van der Waals surface area contributed by atoms with Gasteiger partial charge in [-0.1, -0.05) is 11.6 Å². The van der Waals surface area contributed by atoms with E-state index in [0.717, 1.165) is 0 Å². The summed E-state index contributed by atoms with van der Waals surface area (Å²) >= 11 is 5.71. The van der Waals surface area contributed by atoms with E-state index in [-0.39, 0.29) is 22.6 Å². The number of aromatic nitrogens is 2. The third kappa shape index (κ3) is 5.15. The summed E-state index contributed by atoms with van der Waals surface area (Å²) in [5.41, 5.74) is 0.752. The van der Waals surface area contributed by atoms with Gasteiger partial charge in [0, 0.05) is 32.1 Å². The van der Waals surface area contributed by atoms with Crippen LogP contribution in [0.5, 0.6) is 0 Å². The fraction of sp³-hybridized carbons (Fsp3) is 0.267. The van der Waals surface area contributed by atoms with Crippen molar-refractivity contribution < 1.29 is 13.9 Å². The number of hydrogen-bond donors (Lipinski definition) is 2. The van der Waals surface area contributed by atoms with Crippen molar-refractivity contribution in [3.8, 4) is 0 Å². The van der Waals surface area contributed by atoms with E-state index in [1.165, 1.54) is 30.5 Å². The highest BCUT2D eigenvalue weighted by Gasteiger charge is 2.09. The Morgan fingerprint density at radius 1 is 1.39 bits per heavy atom. The molecule has 0 aliphatic rings. The number of hydrogen-bond acceptors (Lipinski definition) is 5. The largest absolute Gasteiger partial charge is 0.385 e. The first-order valence-electron chi connectivity index (χ1n) is 6.92. The van der Waals surface area contributed by atoms with Crippen molar-refractivity contribution in [1.29, 1.82) is 0 Å². The SMILES string of the molecule is COCCCNC(=O)c1ccnc(Nc2ccc(F)c(Cl)c2)n1. The van der Waals surface area contributed by atoms with Crippen LogP contribution in [0.15, 0.2) is 30.5 Å². The van der Waals surface area contributed by atoms with Gasteiger partial charge < -0.3 is 15.4 Å². The number of carbonyl (C=O) groups is 1. The first-order valence-corrected chi connectivity index (χ1v) is 7.30. The molecular formula is C15H16ClFN4O2. The second-order valence-electron chi connectivity index (χ2n) is 4.62. The molecule has 0 radical (unpaired) electrons. The third-order valence-electron chi connectivity index (χ3n) is 2.87. The maximum Gasteiger partial charge on any atom is 0.270 e. The molecule has 122 valence electrons. The van der Waals surface area contributed by atoms with E-state index < -0.39 is 5.82 Å². The fourth-order valence-corrected chi connectivity index (χ4v) is 1.94. The molecule has 1 aromatic heterocycles. The van der Waals surface area contributed by atoms with E-state index in [0.29, 0.717) is 25.3 Å². The molecule has 6 nitrogen and oxygen atoms in total. The van der Waals surface area contributed by atoms with Gasteiger partial charge in [-0.25, -0.2) is 14.4 Å². The van der Waals surface area contributed by atoms with Crippen molar-refractivity contribution in [3.63, 3.8) is 0 Å². The maximum absolute atomic E-state index is 13.1. The Labute approximate surface area is 138 Å². The van der Waals surface area contributed by atoms with Crippen LogP contribution in [0, 0.1) is 5.82 Å². The third-order valence-corrected chi connectivity index (χ3v) is 3.16. The summed E-state index contributed by atoms with van der Waals surface area (Å²) < 4.78 is 18.0. The van der Waals surface area contributed by atoms with E-state index in [9.17, 15) is 9.18 Å². The van der Waals surface area contributed by atoms with Crippen LogP contribution in [-0.4, -0.2) is 36.1 Å². The summed E-state index contributed by atoms with van der Waals surface area (Å²) in [5, 5.41) is 5.59. The van der Waals surface area contributed by atoms with Crippen molar-refractivity contribution in [2.45, 2.75) is 6.42 Å². The minimum absolute atomic E-state index is 0.0120. The highest BCUT2D eigenvalue weighted by atomic mass is 35.5. The highest BCUT2D eigenvalue weighted by molar-refractivity contribution is 6.31. The van der Waals surface area contributed by atoms with E-state index in [4.69, 9.17) is 16.3 Å². The molecule has 0 aliphatic carbocycles. The van der Waals surface area contributed by atoms with Gasteiger partial charge in [0.2, 0.25) is 5.95 Å². The van der Waals surface area contributed by atoms with Crippen LogP contribution in [0.2, 0.25) is 5.02 Å². The lowest BCUT2D eigenvalue weighted by molar-refractivity contribution is 0.0943. The van der Waals surface area contributed by atoms with E-state index in [1.54, 1.807) is 7.11 Å². The van der Waals surface area contributed by atoms with Crippen LogP contribution < -0.4 is 10.6 Å². The molecule has 2 rings (SSSR count). The van der Waals surface area contributed by atoms with Crippen molar-refractivity contribution in [3.05, 3.63) is 47.0 Å². The number of carbonyl (C=O) groups excluding carboxylic acids is 1. The van der Waals surface area contributed by atoms with Gasteiger partial charge in [-0.05, 0) is 30.7 Å². The Hall–Kier alpha value is -2.25. The Balaban J connectivity index is 2.01. The lowest BCUT2D eigenvalue weighted by atomic mass is 10.3. The summed E-state index contributed by atoms with van der Waals surface area (Å²) in [7, 11) is 1.60. The number of anilines is 2. The topological polar surface area (TPSA) is 76.1 Å². The Morgan fingerprint density at radius 2 is 2.22 bits per heavy atom. The molecule has 23 heavy (non-hydrogen) atoms. The van der Waals surface area contributed by atoms with Gasteiger partial charge in [0.15, 0.2) is 0 Å². The number of methoxy groups -OCH3 is 1. The predicted molar refractivity (Wildman–Crippen MR) is 85.6 cm³/mol. The molecule has 0 bridgehead atoms. The molecule has 0 atom stereocenters. The maximum atomic E-state index is 13.1. The lowest BCUT2D eigenvalue weighted by Crippen LogP contribution is -2.26. The molecular weight excluding hydrogens is 323 g/mol. The zero-order valence-corrected chi connectivity index (χ0v) is 13.2. The van der Waals surface area contributed by atoms with Crippen LogP contribution in [-0.2, 0) is 4.74 Å². The predicted octanol–water partition coefficient (Wildman–Crippen LogP) is 2.78. The van der Waals surface area contributed by atoms with Gasteiger partial charge in [-0.2, -0.15) is 0 Å². The van der Waals surface area contributed by atoms with E-state index in [2.05, 4.69) is 20.6 Å². The van der Waals surface area contributed by atoms with Crippen molar-refractivity contribution >= 4 is 29.1 Å². The van der Waals surface area contributed by atoms with Crippen molar-refractivity contribution in [2.24, 2.45) is 0 Å². The van der Waals surface area contributed by atoms with Gasteiger partial charge in [-0.15, -0.1) is 0 Å². The Bertz CT molecular complexity index is 684. The van der Waals surface area contributed by atoms with E-state index >= 15 is 0 Å². The minimum atomic E-state index is -0.512. The summed E-state index contributed by atoms with van der Waals surface area (Å²) in [5.74, 6) is -0.594. The number of rotatable bonds is 7. The van der Waals surface area contributed by atoms with Crippen LogP contribution >= 0.6 is 11.6 Å². The molecule has 0 aliphatic heterocycles. The monoisotopic (exact) mass is 338 g/mol. The van der Waals surface area contributed by atoms with Gasteiger partial charge in [0.05, 0.1) is 5.02 Å². The average molecular weight is 339 g/mol. The molecule has 0 fully saturated rings. The summed E-state index contributed by atoms with van der Waals surface area (Å²) in [4.78, 5) is 20.1. The molecule has 0 saturated carbocycles. The standard InChI is InChI=1S/C15H16ClFN4O2/c1-23-8-2-6-18-14(22)13-5-7-19-15(21-13)20-10-3-4-12(17)11(16)9-10/h3-5,7,9H,2,6,8H2,1H3,(H,18,22)(H,19,20,21). The molecule has 8 heteroatoms. The van der Waals surface area contributed by atoms with Crippen molar-refractivity contribution in [1.82, 2.24) is 15.3 Å². The normalized spacial score (nSPS) is 10.4.